The average molecular weight is 483 g/mol. The number of amides is 1. The van der Waals surface area contributed by atoms with Crippen LogP contribution < -0.4 is 10.6 Å². The fourth-order valence-electron chi connectivity index (χ4n) is 3.17. The Morgan fingerprint density at radius 1 is 1.12 bits per heavy atom. The summed E-state index contributed by atoms with van der Waals surface area (Å²) >= 11 is 0. The van der Waals surface area contributed by atoms with Crippen LogP contribution >= 0.6 is 0 Å². The molecule has 0 fully saturated rings. The number of ether oxygens (including phenoxy) is 1. The molecule has 0 aromatic heterocycles. The average Bonchev–Trinajstić information content (AvgIpc) is 2.71. The van der Waals surface area contributed by atoms with E-state index in [-0.39, 0.29) is 23.6 Å². The molecule has 0 radical (unpaired) electrons. The highest BCUT2D eigenvalue weighted by atomic mass is 32.2. The van der Waals surface area contributed by atoms with Crippen LogP contribution in [0.2, 0.25) is 0 Å². The molecule has 33 heavy (non-hydrogen) atoms. The Morgan fingerprint density at radius 3 is 2.52 bits per heavy atom. The second-order valence-electron chi connectivity index (χ2n) is 7.40. The van der Waals surface area contributed by atoms with Crippen LogP contribution in [0.3, 0.4) is 0 Å². The van der Waals surface area contributed by atoms with Gasteiger partial charge in [0.25, 0.3) is 15.9 Å². The lowest BCUT2D eigenvalue weighted by molar-refractivity contribution is -0.148. The van der Waals surface area contributed by atoms with Crippen molar-refractivity contribution in [2.75, 3.05) is 17.2 Å². The molecule has 8 nitrogen and oxygen atoms in total. The number of alkyl halides is 3. The van der Waals surface area contributed by atoms with Crippen molar-refractivity contribution in [3.05, 3.63) is 54.1 Å². The SMILES string of the molecule is CC(CC(=O)OCC(=O)Nc1ccccc1C(F)(F)F)CC1=NS(=O)(=O)c2ccccc2N1. The number of fused-ring (bicyclic) bond motifs is 1. The Hall–Kier alpha value is -3.41. The Morgan fingerprint density at radius 2 is 1.79 bits per heavy atom. The molecular formula is C21H20F3N3O5S. The van der Waals surface area contributed by atoms with Gasteiger partial charge in [0.15, 0.2) is 6.61 Å². The van der Waals surface area contributed by atoms with Gasteiger partial charge in [-0.3, -0.25) is 9.59 Å². The molecule has 2 aromatic carbocycles. The Labute approximate surface area is 187 Å². The molecular weight excluding hydrogens is 463 g/mol. The Balaban J connectivity index is 1.51. The minimum absolute atomic E-state index is 0.0546. The number of anilines is 2. The number of carbonyl (C=O) groups is 2. The van der Waals surface area contributed by atoms with Crippen molar-refractivity contribution in [2.24, 2.45) is 10.3 Å². The zero-order chi connectivity index (χ0) is 24.2. The molecule has 12 heteroatoms. The third-order valence-corrected chi connectivity index (χ3v) is 5.97. The maximum absolute atomic E-state index is 13.0. The van der Waals surface area contributed by atoms with Gasteiger partial charge in [0, 0.05) is 12.8 Å². The van der Waals surface area contributed by atoms with Crippen LogP contribution in [0.25, 0.3) is 0 Å². The lowest BCUT2D eigenvalue weighted by Crippen LogP contribution is -2.25. The maximum atomic E-state index is 13.0. The van der Waals surface area contributed by atoms with Crippen molar-refractivity contribution in [1.29, 1.82) is 0 Å². The number of carbonyl (C=O) groups excluding carboxylic acids is 2. The Bertz CT molecular complexity index is 1200. The number of para-hydroxylation sites is 2. The molecule has 0 saturated carbocycles. The minimum atomic E-state index is -4.65. The molecule has 1 unspecified atom stereocenters. The van der Waals surface area contributed by atoms with Crippen molar-refractivity contribution in [3.63, 3.8) is 0 Å². The van der Waals surface area contributed by atoms with Gasteiger partial charge in [-0.1, -0.05) is 31.2 Å². The molecule has 1 amide bonds. The van der Waals surface area contributed by atoms with E-state index >= 15 is 0 Å². The van der Waals surface area contributed by atoms with Crippen molar-refractivity contribution in [2.45, 2.75) is 30.8 Å². The summed E-state index contributed by atoms with van der Waals surface area (Å²) in [6.45, 7) is 0.900. The van der Waals surface area contributed by atoms with E-state index in [1.165, 1.54) is 18.2 Å². The lowest BCUT2D eigenvalue weighted by atomic mass is 10.0. The van der Waals surface area contributed by atoms with Gasteiger partial charge >= 0.3 is 12.1 Å². The summed E-state index contributed by atoms with van der Waals surface area (Å²) in [5.74, 6) is -1.91. The van der Waals surface area contributed by atoms with Crippen molar-refractivity contribution in [3.8, 4) is 0 Å². The van der Waals surface area contributed by atoms with E-state index in [4.69, 9.17) is 4.74 Å². The molecule has 1 aliphatic heterocycles. The number of halogens is 3. The number of hydrogen-bond acceptors (Lipinski definition) is 6. The lowest BCUT2D eigenvalue weighted by Gasteiger charge is -2.20. The van der Waals surface area contributed by atoms with E-state index < -0.39 is 51.9 Å². The zero-order valence-corrected chi connectivity index (χ0v) is 18.2. The number of amidine groups is 1. The molecule has 2 aromatic rings. The second-order valence-corrected chi connectivity index (χ2v) is 8.97. The van der Waals surface area contributed by atoms with Crippen molar-refractivity contribution >= 4 is 39.1 Å². The van der Waals surface area contributed by atoms with Crippen LogP contribution in [0.5, 0.6) is 0 Å². The van der Waals surface area contributed by atoms with Gasteiger partial charge < -0.3 is 15.4 Å². The highest BCUT2D eigenvalue weighted by molar-refractivity contribution is 7.90. The molecule has 176 valence electrons. The number of benzene rings is 2. The van der Waals surface area contributed by atoms with Gasteiger partial charge in [-0.15, -0.1) is 4.40 Å². The van der Waals surface area contributed by atoms with Gasteiger partial charge in [-0.2, -0.15) is 21.6 Å². The Kier molecular flexibility index (Phi) is 7.06. The summed E-state index contributed by atoms with van der Waals surface area (Å²) in [6, 6.07) is 10.7. The molecule has 3 rings (SSSR count). The maximum Gasteiger partial charge on any atom is 0.418 e. The second kappa shape index (κ2) is 9.61. The zero-order valence-electron chi connectivity index (χ0n) is 17.3. The van der Waals surface area contributed by atoms with Gasteiger partial charge in [-0.05, 0) is 30.2 Å². The number of nitrogens with one attached hydrogen (secondary N) is 2. The van der Waals surface area contributed by atoms with Crippen LogP contribution in [0, 0.1) is 5.92 Å². The van der Waals surface area contributed by atoms with Crippen molar-refractivity contribution < 1.29 is 35.9 Å². The van der Waals surface area contributed by atoms with E-state index in [2.05, 4.69) is 15.0 Å². The normalized spacial score (nSPS) is 15.5. The van der Waals surface area contributed by atoms with Crippen LogP contribution in [-0.4, -0.2) is 32.7 Å². The highest BCUT2D eigenvalue weighted by Crippen LogP contribution is 2.34. The molecule has 0 bridgehead atoms. The third-order valence-electron chi connectivity index (χ3n) is 4.60. The quantitative estimate of drug-likeness (QED) is 0.579. The number of sulfonamides is 1. The monoisotopic (exact) mass is 483 g/mol. The summed E-state index contributed by atoms with van der Waals surface area (Å²) in [6.07, 6.45) is -4.69. The minimum Gasteiger partial charge on any atom is -0.456 e. The number of esters is 1. The number of nitrogens with zero attached hydrogens (tertiary/aromatic N) is 1. The van der Waals surface area contributed by atoms with Crippen LogP contribution in [-0.2, 0) is 30.5 Å². The molecule has 0 aliphatic carbocycles. The predicted molar refractivity (Wildman–Crippen MR) is 114 cm³/mol. The van der Waals surface area contributed by atoms with E-state index in [1.807, 2.05) is 0 Å². The summed E-state index contributed by atoms with van der Waals surface area (Å²) in [5.41, 5.74) is -1.08. The number of hydrogen-bond donors (Lipinski definition) is 2. The van der Waals surface area contributed by atoms with Crippen LogP contribution in [0.15, 0.2) is 57.8 Å². The molecule has 0 spiro atoms. The number of rotatable bonds is 7. The first kappa shape index (κ1) is 24.2. The van der Waals surface area contributed by atoms with E-state index in [0.29, 0.717) is 5.69 Å². The van der Waals surface area contributed by atoms with Gasteiger partial charge in [0.05, 0.1) is 16.9 Å². The first-order valence-electron chi connectivity index (χ1n) is 9.77. The smallest absolute Gasteiger partial charge is 0.418 e. The van der Waals surface area contributed by atoms with Gasteiger partial charge in [0.1, 0.15) is 10.7 Å². The standard InChI is InChI=1S/C21H20F3N3O5S/c1-13(10-18-25-16-8-4-5-9-17(16)33(30,31)27-18)11-20(29)32-12-19(28)26-15-7-3-2-6-14(15)21(22,23)24/h2-9,13H,10-12H2,1H3,(H,25,27)(H,26,28). The summed E-state index contributed by atoms with van der Waals surface area (Å²) in [4.78, 5) is 24.0. The van der Waals surface area contributed by atoms with E-state index in [0.717, 1.165) is 12.1 Å². The summed E-state index contributed by atoms with van der Waals surface area (Å²) in [5, 5.41) is 4.99. The topological polar surface area (TPSA) is 114 Å². The fourth-order valence-corrected chi connectivity index (χ4v) is 4.33. The molecule has 1 atom stereocenters. The van der Waals surface area contributed by atoms with Gasteiger partial charge in [-0.25, -0.2) is 0 Å². The molecule has 2 N–H and O–H groups in total. The predicted octanol–water partition coefficient (Wildman–Crippen LogP) is 3.82. The van der Waals surface area contributed by atoms with E-state index in [1.54, 1.807) is 25.1 Å². The largest absolute Gasteiger partial charge is 0.456 e. The first-order chi connectivity index (χ1) is 15.5. The third kappa shape index (κ3) is 6.31. The van der Waals surface area contributed by atoms with Crippen molar-refractivity contribution in [1.82, 2.24) is 0 Å². The van der Waals surface area contributed by atoms with Gasteiger partial charge in [0.2, 0.25) is 0 Å². The summed E-state index contributed by atoms with van der Waals surface area (Å²) in [7, 11) is -3.85. The highest BCUT2D eigenvalue weighted by Gasteiger charge is 2.33. The first-order valence-corrected chi connectivity index (χ1v) is 11.2. The van der Waals surface area contributed by atoms with Crippen LogP contribution in [0.1, 0.15) is 25.3 Å². The van der Waals surface area contributed by atoms with Crippen LogP contribution in [0.4, 0.5) is 24.5 Å². The molecule has 0 saturated heterocycles. The summed E-state index contributed by atoms with van der Waals surface area (Å²) < 4.78 is 72.1. The molecule has 1 aliphatic rings. The molecule has 1 heterocycles. The van der Waals surface area contributed by atoms with E-state index in [9.17, 15) is 31.2 Å². The fraction of sp³-hybridized carbons (Fsp3) is 0.286.